The first-order chi connectivity index (χ1) is 6.72. The summed E-state index contributed by atoms with van der Waals surface area (Å²) in [6.45, 7) is 4.92. The molecule has 14 heavy (non-hydrogen) atoms. The monoisotopic (exact) mass is 193 g/mol. The minimum absolute atomic E-state index is 0.522. The van der Waals surface area contributed by atoms with Crippen molar-refractivity contribution in [1.82, 2.24) is 0 Å². The summed E-state index contributed by atoms with van der Waals surface area (Å²) >= 11 is 0. The van der Waals surface area contributed by atoms with Crippen molar-refractivity contribution in [3.63, 3.8) is 0 Å². The standard InChI is InChI=1S/C11H15NO2/c1-9(2)8-14-11-5-3-10(4-6-11)7-12-13/h3-7,9,13H,8H2,1-2H3/b12-7-. The van der Waals surface area contributed by atoms with Crippen LogP contribution in [0.4, 0.5) is 0 Å². The van der Waals surface area contributed by atoms with E-state index in [0.29, 0.717) is 12.5 Å². The van der Waals surface area contributed by atoms with E-state index in [2.05, 4.69) is 19.0 Å². The van der Waals surface area contributed by atoms with E-state index in [1.165, 1.54) is 6.21 Å². The first-order valence-corrected chi connectivity index (χ1v) is 4.62. The zero-order valence-corrected chi connectivity index (χ0v) is 8.47. The molecule has 0 atom stereocenters. The molecule has 1 rings (SSSR count). The fourth-order valence-electron chi connectivity index (χ4n) is 0.980. The lowest BCUT2D eigenvalue weighted by Gasteiger charge is -2.08. The van der Waals surface area contributed by atoms with Crippen LogP contribution in [-0.4, -0.2) is 18.0 Å². The largest absolute Gasteiger partial charge is 0.493 e. The number of benzene rings is 1. The molecule has 76 valence electrons. The Hall–Kier alpha value is -1.51. The van der Waals surface area contributed by atoms with Crippen molar-refractivity contribution >= 4 is 6.21 Å². The molecule has 0 aliphatic carbocycles. The average Bonchev–Trinajstić information content (AvgIpc) is 2.17. The lowest BCUT2D eigenvalue weighted by atomic mass is 10.2. The van der Waals surface area contributed by atoms with Gasteiger partial charge in [-0.2, -0.15) is 0 Å². The summed E-state index contributed by atoms with van der Waals surface area (Å²) in [5.41, 5.74) is 0.851. The highest BCUT2D eigenvalue weighted by Crippen LogP contribution is 2.12. The van der Waals surface area contributed by atoms with Crippen molar-refractivity contribution in [1.29, 1.82) is 0 Å². The average molecular weight is 193 g/mol. The van der Waals surface area contributed by atoms with Crippen LogP contribution in [0.25, 0.3) is 0 Å². The van der Waals surface area contributed by atoms with E-state index in [1.54, 1.807) is 0 Å². The van der Waals surface area contributed by atoms with Gasteiger partial charge in [0.2, 0.25) is 0 Å². The normalized spacial score (nSPS) is 11.1. The van der Waals surface area contributed by atoms with Crippen molar-refractivity contribution in [2.45, 2.75) is 13.8 Å². The highest BCUT2D eigenvalue weighted by atomic mass is 16.5. The second-order valence-corrected chi connectivity index (χ2v) is 3.52. The van der Waals surface area contributed by atoms with Gasteiger partial charge < -0.3 is 9.94 Å². The van der Waals surface area contributed by atoms with Crippen molar-refractivity contribution in [2.75, 3.05) is 6.61 Å². The third-order valence-corrected chi connectivity index (χ3v) is 1.67. The SMILES string of the molecule is CC(C)COc1ccc(/C=N\O)cc1. The van der Waals surface area contributed by atoms with E-state index in [-0.39, 0.29) is 0 Å². The second kappa shape index (κ2) is 5.27. The first kappa shape index (κ1) is 10.6. The molecule has 0 fully saturated rings. The molecule has 0 radical (unpaired) electrons. The van der Waals surface area contributed by atoms with Gasteiger partial charge in [-0.05, 0) is 35.7 Å². The molecule has 3 heteroatoms. The molecular weight excluding hydrogens is 178 g/mol. The van der Waals surface area contributed by atoms with Gasteiger partial charge in [0.05, 0.1) is 12.8 Å². The molecule has 1 aromatic rings. The molecule has 0 aliphatic heterocycles. The molecule has 0 saturated carbocycles. The Kier molecular flexibility index (Phi) is 3.98. The van der Waals surface area contributed by atoms with Crippen LogP contribution in [0.5, 0.6) is 5.75 Å². The number of ether oxygens (including phenoxy) is 1. The van der Waals surface area contributed by atoms with Crippen LogP contribution in [0.3, 0.4) is 0 Å². The fourth-order valence-corrected chi connectivity index (χ4v) is 0.980. The summed E-state index contributed by atoms with van der Waals surface area (Å²) in [4.78, 5) is 0. The van der Waals surface area contributed by atoms with Gasteiger partial charge in [-0.1, -0.05) is 19.0 Å². The zero-order chi connectivity index (χ0) is 10.4. The molecule has 0 bridgehead atoms. The Bertz CT molecular complexity index is 291. The van der Waals surface area contributed by atoms with Crippen molar-refractivity contribution in [3.8, 4) is 5.75 Å². The molecule has 1 aromatic carbocycles. The maximum Gasteiger partial charge on any atom is 0.119 e. The third kappa shape index (κ3) is 3.47. The van der Waals surface area contributed by atoms with Gasteiger partial charge in [0.15, 0.2) is 0 Å². The minimum atomic E-state index is 0.522. The Morgan fingerprint density at radius 3 is 2.50 bits per heavy atom. The summed E-state index contributed by atoms with van der Waals surface area (Å²) in [6, 6.07) is 7.41. The topological polar surface area (TPSA) is 41.8 Å². The van der Waals surface area contributed by atoms with Crippen LogP contribution in [0.2, 0.25) is 0 Å². The van der Waals surface area contributed by atoms with Crippen LogP contribution in [0.1, 0.15) is 19.4 Å². The molecule has 0 amide bonds. The van der Waals surface area contributed by atoms with Gasteiger partial charge in [0.25, 0.3) is 0 Å². The maximum atomic E-state index is 8.30. The van der Waals surface area contributed by atoms with Gasteiger partial charge >= 0.3 is 0 Å². The van der Waals surface area contributed by atoms with Crippen molar-refractivity contribution < 1.29 is 9.94 Å². The maximum absolute atomic E-state index is 8.30. The molecule has 0 heterocycles. The van der Waals surface area contributed by atoms with E-state index in [9.17, 15) is 0 Å². The second-order valence-electron chi connectivity index (χ2n) is 3.52. The van der Waals surface area contributed by atoms with Crippen molar-refractivity contribution in [3.05, 3.63) is 29.8 Å². The summed E-state index contributed by atoms with van der Waals surface area (Å²) in [5, 5.41) is 11.2. The van der Waals surface area contributed by atoms with Gasteiger partial charge in [0.1, 0.15) is 5.75 Å². The summed E-state index contributed by atoms with van der Waals surface area (Å²) < 4.78 is 5.49. The number of hydrogen-bond donors (Lipinski definition) is 1. The molecular formula is C11H15NO2. The van der Waals surface area contributed by atoms with Crippen LogP contribution >= 0.6 is 0 Å². The molecule has 0 saturated heterocycles. The van der Waals surface area contributed by atoms with E-state index < -0.39 is 0 Å². The van der Waals surface area contributed by atoms with Gasteiger partial charge in [-0.25, -0.2) is 0 Å². The van der Waals surface area contributed by atoms with E-state index in [4.69, 9.17) is 9.94 Å². The molecule has 0 aliphatic rings. The lowest BCUT2D eigenvalue weighted by Crippen LogP contribution is -2.04. The van der Waals surface area contributed by atoms with Gasteiger partial charge in [-0.3, -0.25) is 0 Å². The summed E-state index contributed by atoms with van der Waals surface area (Å²) in [6.07, 6.45) is 1.38. The van der Waals surface area contributed by atoms with E-state index in [1.807, 2.05) is 24.3 Å². The van der Waals surface area contributed by atoms with E-state index in [0.717, 1.165) is 11.3 Å². The highest BCUT2D eigenvalue weighted by Gasteiger charge is 1.96. The highest BCUT2D eigenvalue weighted by molar-refractivity contribution is 5.79. The minimum Gasteiger partial charge on any atom is -0.493 e. The molecule has 3 nitrogen and oxygen atoms in total. The predicted molar refractivity (Wildman–Crippen MR) is 56.2 cm³/mol. The lowest BCUT2D eigenvalue weighted by molar-refractivity contribution is 0.271. The van der Waals surface area contributed by atoms with Gasteiger partial charge in [0, 0.05) is 0 Å². The number of rotatable bonds is 4. The smallest absolute Gasteiger partial charge is 0.119 e. The van der Waals surface area contributed by atoms with Crippen molar-refractivity contribution in [2.24, 2.45) is 11.1 Å². The van der Waals surface area contributed by atoms with Crippen LogP contribution in [0, 0.1) is 5.92 Å². The van der Waals surface area contributed by atoms with E-state index >= 15 is 0 Å². The predicted octanol–water partition coefficient (Wildman–Crippen LogP) is 2.53. The number of oxime groups is 1. The van der Waals surface area contributed by atoms with Crippen LogP contribution < -0.4 is 4.74 Å². The fraction of sp³-hybridized carbons (Fsp3) is 0.364. The van der Waals surface area contributed by atoms with Crippen LogP contribution in [0.15, 0.2) is 29.4 Å². The quantitative estimate of drug-likeness (QED) is 0.453. The molecule has 1 N–H and O–H groups in total. The van der Waals surface area contributed by atoms with Crippen LogP contribution in [-0.2, 0) is 0 Å². The molecule has 0 spiro atoms. The third-order valence-electron chi connectivity index (χ3n) is 1.67. The summed E-state index contributed by atoms with van der Waals surface area (Å²) in [5.74, 6) is 1.36. The molecule has 0 aromatic heterocycles. The Morgan fingerprint density at radius 2 is 2.00 bits per heavy atom. The molecule has 0 unspecified atom stereocenters. The Labute approximate surface area is 84.0 Å². The zero-order valence-electron chi connectivity index (χ0n) is 8.47. The Balaban J connectivity index is 2.55. The number of hydrogen-bond acceptors (Lipinski definition) is 3. The van der Waals surface area contributed by atoms with Gasteiger partial charge in [-0.15, -0.1) is 0 Å². The first-order valence-electron chi connectivity index (χ1n) is 4.62. The Morgan fingerprint density at radius 1 is 1.36 bits per heavy atom. The summed E-state index contributed by atoms with van der Waals surface area (Å²) in [7, 11) is 0. The number of nitrogens with zero attached hydrogens (tertiary/aromatic N) is 1.